The van der Waals surface area contributed by atoms with Gasteiger partial charge in [0.2, 0.25) is 0 Å². The van der Waals surface area contributed by atoms with Crippen LogP contribution in [0.2, 0.25) is 0 Å². The molecule has 3 heteroatoms. The normalized spacial score (nSPS) is 12.3. The van der Waals surface area contributed by atoms with Crippen LogP contribution in [0.15, 0.2) is 167 Å². The molecule has 9 aromatic carbocycles. The van der Waals surface area contributed by atoms with E-state index in [0.717, 1.165) is 38.5 Å². The summed E-state index contributed by atoms with van der Waals surface area (Å²) >= 11 is 1.88. The Morgan fingerprint density at radius 2 is 0.824 bits per heavy atom. The summed E-state index contributed by atoms with van der Waals surface area (Å²) in [6, 6.07) is 57.2. The van der Waals surface area contributed by atoms with Gasteiger partial charge in [-0.1, -0.05) is 109 Å². The van der Waals surface area contributed by atoms with Crippen molar-refractivity contribution in [2.45, 2.75) is 0 Å². The number of fused-ring (bicyclic) bond motifs is 13. The Balaban J connectivity index is 1.11. The second-order valence-corrected chi connectivity index (χ2v) is 14.6. The van der Waals surface area contributed by atoms with Gasteiger partial charge in [0.15, 0.2) is 0 Å². The molecule has 3 aromatic heterocycles. The van der Waals surface area contributed by atoms with Crippen LogP contribution in [0.25, 0.3) is 119 Å². The highest BCUT2D eigenvalue weighted by Crippen LogP contribution is 2.47. The fourth-order valence-corrected chi connectivity index (χ4v) is 9.77. The third kappa shape index (κ3) is 3.81. The maximum Gasteiger partial charge on any atom is 0.136 e. The Morgan fingerprint density at radius 1 is 0.314 bits per heavy atom. The number of hydrogen-bond acceptors (Lipinski definition) is 3. The lowest BCUT2D eigenvalue weighted by Crippen LogP contribution is -1.90. The van der Waals surface area contributed by atoms with E-state index in [4.69, 9.17) is 8.83 Å². The number of furan rings is 2. The van der Waals surface area contributed by atoms with Gasteiger partial charge in [0.05, 0.1) is 0 Å². The molecule has 0 N–H and O–H groups in total. The van der Waals surface area contributed by atoms with Gasteiger partial charge in [0, 0.05) is 47.1 Å². The molecule has 0 aliphatic heterocycles. The number of para-hydroxylation sites is 2. The van der Waals surface area contributed by atoms with Crippen LogP contribution in [0.5, 0.6) is 0 Å². The van der Waals surface area contributed by atoms with Crippen molar-refractivity contribution in [1.29, 1.82) is 0 Å². The van der Waals surface area contributed by atoms with Crippen LogP contribution in [-0.2, 0) is 0 Å². The standard InChI is InChI=1S/C48H26O2S/c1-3-13-34-32(11-1)46(28-18-21-43-38(23-28)30-9-5-7-15-41(30)49-43)33-12-2-4-14-35(33)47(34)29-19-22-45-40(24-29)36-20-17-27-25-44-39(26-37(27)48(36)51-45)31-10-6-8-16-42(31)50-44/h1-26H. The van der Waals surface area contributed by atoms with Crippen molar-refractivity contribution >= 4 is 108 Å². The molecular formula is C48H26O2S. The van der Waals surface area contributed by atoms with E-state index >= 15 is 0 Å². The minimum absolute atomic E-state index is 0.914. The molecular weight excluding hydrogens is 641 g/mol. The summed E-state index contributed by atoms with van der Waals surface area (Å²) in [6.07, 6.45) is 0. The Kier molecular flexibility index (Phi) is 5.41. The van der Waals surface area contributed by atoms with Crippen LogP contribution in [-0.4, -0.2) is 0 Å². The lowest BCUT2D eigenvalue weighted by atomic mass is 9.85. The minimum Gasteiger partial charge on any atom is -0.456 e. The summed E-state index contributed by atoms with van der Waals surface area (Å²) in [4.78, 5) is 0. The van der Waals surface area contributed by atoms with Gasteiger partial charge in [-0.25, -0.2) is 0 Å². The zero-order valence-corrected chi connectivity index (χ0v) is 28.1. The highest BCUT2D eigenvalue weighted by Gasteiger charge is 2.19. The molecule has 0 amide bonds. The topological polar surface area (TPSA) is 26.3 Å². The summed E-state index contributed by atoms with van der Waals surface area (Å²) in [7, 11) is 0. The molecule has 0 bridgehead atoms. The molecule has 236 valence electrons. The van der Waals surface area contributed by atoms with Crippen molar-refractivity contribution in [1.82, 2.24) is 0 Å². The fourth-order valence-electron chi connectivity index (χ4n) is 8.56. The Morgan fingerprint density at radius 3 is 1.47 bits per heavy atom. The molecule has 0 aliphatic carbocycles. The summed E-state index contributed by atoms with van der Waals surface area (Å²) < 4.78 is 15.1. The molecule has 51 heavy (non-hydrogen) atoms. The Labute approximate surface area is 295 Å². The van der Waals surface area contributed by atoms with Crippen molar-refractivity contribution in [2.24, 2.45) is 0 Å². The molecule has 12 rings (SSSR count). The first kappa shape index (κ1) is 27.4. The lowest BCUT2D eigenvalue weighted by molar-refractivity contribution is 0.669. The SMILES string of the molecule is c1ccc2c(c1)oc1ccc(-c3c4ccccc4c(-c4ccc5sc6c7cc8c(cc7ccc6c5c4)oc4ccccc48)c4ccccc34)cc12. The Hall–Kier alpha value is -6.42. The van der Waals surface area contributed by atoms with Gasteiger partial charge in [-0.3, -0.25) is 0 Å². The van der Waals surface area contributed by atoms with E-state index < -0.39 is 0 Å². The Bertz CT molecular complexity index is 3370. The second-order valence-electron chi connectivity index (χ2n) is 13.6. The molecule has 0 spiro atoms. The largest absolute Gasteiger partial charge is 0.456 e. The van der Waals surface area contributed by atoms with Gasteiger partial charge < -0.3 is 8.83 Å². The second kappa shape index (κ2) is 10.1. The molecule has 0 saturated heterocycles. The molecule has 3 heterocycles. The summed E-state index contributed by atoms with van der Waals surface area (Å²) in [5.74, 6) is 0. The van der Waals surface area contributed by atoms with Crippen LogP contribution in [0.4, 0.5) is 0 Å². The first-order valence-corrected chi connectivity index (χ1v) is 18.1. The first-order valence-electron chi connectivity index (χ1n) is 17.3. The molecule has 0 saturated carbocycles. The number of rotatable bonds is 2. The maximum absolute atomic E-state index is 6.23. The van der Waals surface area contributed by atoms with E-state index in [1.54, 1.807) is 0 Å². The lowest BCUT2D eigenvalue weighted by Gasteiger charge is -2.18. The zero-order valence-electron chi connectivity index (χ0n) is 27.2. The van der Waals surface area contributed by atoms with E-state index in [0.29, 0.717) is 0 Å². The quantitative estimate of drug-likeness (QED) is 0.172. The zero-order chi connectivity index (χ0) is 33.2. The smallest absolute Gasteiger partial charge is 0.136 e. The summed E-state index contributed by atoms with van der Waals surface area (Å²) in [5.41, 5.74) is 8.65. The summed E-state index contributed by atoms with van der Waals surface area (Å²) in [6.45, 7) is 0. The third-order valence-corrected chi connectivity index (χ3v) is 12.1. The van der Waals surface area contributed by atoms with Crippen LogP contribution in [0.3, 0.4) is 0 Å². The average molecular weight is 667 g/mol. The monoisotopic (exact) mass is 666 g/mol. The van der Waals surface area contributed by atoms with E-state index in [9.17, 15) is 0 Å². The predicted molar refractivity (Wildman–Crippen MR) is 217 cm³/mol. The fraction of sp³-hybridized carbons (Fsp3) is 0. The van der Waals surface area contributed by atoms with Crippen LogP contribution in [0, 0.1) is 0 Å². The molecule has 12 aromatic rings. The van der Waals surface area contributed by atoms with Gasteiger partial charge in [0.1, 0.15) is 22.3 Å². The van der Waals surface area contributed by atoms with Gasteiger partial charge in [-0.05, 0) is 97.7 Å². The minimum atomic E-state index is 0.914. The average Bonchev–Trinajstić information content (AvgIpc) is 3.86. The molecule has 0 atom stereocenters. The molecule has 0 fully saturated rings. The number of thiophene rings is 1. The van der Waals surface area contributed by atoms with E-state index in [2.05, 4.69) is 140 Å². The third-order valence-electron chi connectivity index (χ3n) is 10.8. The van der Waals surface area contributed by atoms with Crippen molar-refractivity contribution in [3.63, 3.8) is 0 Å². The molecule has 2 nitrogen and oxygen atoms in total. The van der Waals surface area contributed by atoms with Gasteiger partial charge in [-0.15, -0.1) is 11.3 Å². The highest BCUT2D eigenvalue weighted by molar-refractivity contribution is 7.26. The van der Waals surface area contributed by atoms with Crippen LogP contribution < -0.4 is 0 Å². The predicted octanol–water partition coefficient (Wildman–Crippen LogP) is 14.6. The van der Waals surface area contributed by atoms with Crippen molar-refractivity contribution in [3.8, 4) is 22.3 Å². The van der Waals surface area contributed by atoms with E-state index in [-0.39, 0.29) is 0 Å². The van der Waals surface area contributed by atoms with Crippen molar-refractivity contribution < 1.29 is 8.83 Å². The van der Waals surface area contributed by atoms with E-state index in [1.165, 1.54) is 80.1 Å². The van der Waals surface area contributed by atoms with Gasteiger partial charge in [-0.2, -0.15) is 0 Å². The molecule has 0 aliphatic rings. The number of hydrogen-bond donors (Lipinski definition) is 0. The van der Waals surface area contributed by atoms with Gasteiger partial charge in [0.25, 0.3) is 0 Å². The molecule has 0 radical (unpaired) electrons. The van der Waals surface area contributed by atoms with Crippen LogP contribution >= 0.6 is 11.3 Å². The molecule has 0 unspecified atom stereocenters. The van der Waals surface area contributed by atoms with Crippen molar-refractivity contribution in [3.05, 3.63) is 158 Å². The maximum atomic E-state index is 6.23. The summed E-state index contributed by atoms with van der Waals surface area (Å²) in [5, 5.41) is 14.7. The highest BCUT2D eigenvalue weighted by atomic mass is 32.1. The van der Waals surface area contributed by atoms with Gasteiger partial charge >= 0.3 is 0 Å². The van der Waals surface area contributed by atoms with E-state index in [1.807, 2.05) is 29.5 Å². The van der Waals surface area contributed by atoms with Crippen LogP contribution in [0.1, 0.15) is 0 Å². The number of benzene rings is 9. The van der Waals surface area contributed by atoms with Crippen molar-refractivity contribution in [2.75, 3.05) is 0 Å². The first-order chi connectivity index (χ1) is 25.3.